The molecule has 0 amide bonds. The standard InChI is InChI=1S/C6H12.C6H14.C2H6/c1-2-6-4-3-5-6;1-4-6(3)5-2;1-2/h6H,2-5H2,1H3;6H,4-5H2,1-3H3;1-2H3. The van der Waals surface area contributed by atoms with Crippen LogP contribution in [0.15, 0.2) is 0 Å². The third kappa shape index (κ3) is 10.1. The third-order valence-electron chi connectivity index (χ3n) is 3.20. The molecule has 0 radical (unpaired) electrons. The summed E-state index contributed by atoms with van der Waals surface area (Å²) in [5, 5.41) is 0. The third-order valence-corrected chi connectivity index (χ3v) is 3.20. The monoisotopic (exact) mass is 200 g/mol. The molecule has 0 nitrogen and oxygen atoms in total. The van der Waals surface area contributed by atoms with Crippen molar-refractivity contribution >= 4 is 0 Å². The molecule has 1 rings (SSSR count). The van der Waals surface area contributed by atoms with Gasteiger partial charge < -0.3 is 0 Å². The lowest BCUT2D eigenvalue weighted by atomic mass is 9.84. The number of hydrogen-bond acceptors (Lipinski definition) is 0. The van der Waals surface area contributed by atoms with Gasteiger partial charge >= 0.3 is 0 Å². The number of hydrogen-bond donors (Lipinski definition) is 0. The average molecular weight is 200 g/mol. The van der Waals surface area contributed by atoms with Crippen LogP contribution in [0.3, 0.4) is 0 Å². The lowest BCUT2D eigenvalue weighted by Crippen LogP contribution is -2.08. The average Bonchev–Trinajstić information content (AvgIpc) is 2.19. The van der Waals surface area contributed by atoms with Gasteiger partial charge in [-0.3, -0.25) is 0 Å². The zero-order valence-corrected chi connectivity index (χ0v) is 11.4. The molecule has 0 atom stereocenters. The van der Waals surface area contributed by atoms with Crippen LogP contribution in [-0.2, 0) is 0 Å². The maximum atomic E-state index is 2.28. The fourth-order valence-electron chi connectivity index (χ4n) is 1.19. The molecule has 0 aromatic carbocycles. The molecule has 0 bridgehead atoms. The molecule has 0 heteroatoms. The highest BCUT2D eigenvalue weighted by Gasteiger charge is 2.13. The first-order valence-electron chi connectivity index (χ1n) is 6.74. The lowest BCUT2D eigenvalue weighted by Gasteiger charge is -2.22. The van der Waals surface area contributed by atoms with E-state index in [-0.39, 0.29) is 0 Å². The molecule has 0 aliphatic heterocycles. The van der Waals surface area contributed by atoms with Crippen molar-refractivity contribution in [3.8, 4) is 0 Å². The normalized spacial score (nSPS) is 14.8. The molecule has 0 N–H and O–H groups in total. The van der Waals surface area contributed by atoms with Crippen LogP contribution < -0.4 is 0 Å². The van der Waals surface area contributed by atoms with Gasteiger partial charge in [-0.15, -0.1) is 0 Å². The van der Waals surface area contributed by atoms with Gasteiger partial charge in [-0.1, -0.05) is 80.1 Å². The summed E-state index contributed by atoms with van der Waals surface area (Å²) in [5.74, 6) is 2.05. The van der Waals surface area contributed by atoms with Crippen LogP contribution in [0, 0.1) is 11.8 Å². The van der Waals surface area contributed by atoms with Crippen LogP contribution in [0.25, 0.3) is 0 Å². The summed E-state index contributed by atoms with van der Waals surface area (Å²) in [7, 11) is 0. The molecule has 1 aliphatic carbocycles. The van der Waals surface area contributed by atoms with E-state index in [1.807, 2.05) is 13.8 Å². The molecule has 0 heterocycles. The first-order valence-corrected chi connectivity index (χ1v) is 6.74. The Balaban J connectivity index is 0. The van der Waals surface area contributed by atoms with Crippen molar-refractivity contribution < 1.29 is 0 Å². The summed E-state index contributed by atoms with van der Waals surface area (Å²) >= 11 is 0. The van der Waals surface area contributed by atoms with Gasteiger partial charge in [0, 0.05) is 0 Å². The Bertz CT molecular complexity index is 69.3. The molecule has 14 heavy (non-hydrogen) atoms. The molecular weight excluding hydrogens is 168 g/mol. The van der Waals surface area contributed by atoms with E-state index in [2.05, 4.69) is 27.7 Å². The zero-order valence-electron chi connectivity index (χ0n) is 11.4. The van der Waals surface area contributed by atoms with Gasteiger partial charge in [-0.2, -0.15) is 0 Å². The highest BCUT2D eigenvalue weighted by atomic mass is 14.2. The maximum absolute atomic E-state index is 2.28. The van der Waals surface area contributed by atoms with E-state index in [0.717, 1.165) is 11.8 Å². The van der Waals surface area contributed by atoms with E-state index in [9.17, 15) is 0 Å². The van der Waals surface area contributed by atoms with Gasteiger partial charge in [0.1, 0.15) is 0 Å². The molecular formula is C14H32. The van der Waals surface area contributed by atoms with Crippen LogP contribution in [0.2, 0.25) is 0 Å². The molecule has 1 saturated carbocycles. The highest BCUT2D eigenvalue weighted by molar-refractivity contribution is 4.66. The van der Waals surface area contributed by atoms with Gasteiger partial charge in [0.25, 0.3) is 0 Å². The minimum atomic E-state index is 0.935. The lowest BCUT2D eigenvalue weighted by molar-refractivity contribution is 0.307. The van der Waals surface area contributed by atoms with E-state index < -0.39 is 0 Å². The Morgan fingerprint density at radius 1 is 1.00 bits per heavy atom. The Kier molecular flexibility index (Phi) is 15.3. The summed E-state index contributed by atoms with van der Waals surface area (Å²) in [4.78, 5) is 0. The highest BCUT2D eigenvalue weighted by Crippen LogP contribution is 2.28. The summed E-state index contributed by atoms with van der Waals surface area (Å²) in [6.07, 6.45) is 8.60. The second-order valence-electron chi connectivity index (χ2n) is 4.13. The fourth-order valence-corrected chi connectivity index (χ4v) is 1.19. The molecule has 1 fully saturated rings. The minimum Gasteiger partial charge on any atom is -0.0683 e. The quantitative estimate of drug-likeness (QED) is 0.551. The predicted octanol–water partition coefficient (Wildman–Crippen LogP) is 5.67. The first-order chi connectivity index (χ1) is 6.74. The Labute approximate surface area is 92.5 Å². The number of rotatable bonds is 3. The largest absolute Gasteiger partial charge is 0.0683 e. The van der Waals surface area contributed by atoms with E-state index >= 15 is 0 Å². The van der Waals surface area contributed by atoms with Crippen molar-refractivity contribution in [2.45, 2.75) is 80.1 Å². The van der Waals surface area contributed by atoms with Gasteiger partial charge in [0.15, 0.2) is 0 Å². The molecule has 0 spiro atoms. The Morgan fingerprint density at radius 3 is 1.43 bits per heavy atom. The molecule has 0 saturated heterocycles. The molecule has 1 aliphatic rings. The van der Waals surface area contributed by atoms with Crippen LogP contribution in [0.4, 0.5) is 0 Å². The van der Waals surface area contributed by atoms with Crippen molar-refractivity contribution in [1.29, 1.82) is 0 Å². The van der Waals surface area contributed by atoms with Gasteiger partial charge in [0.05, 0.1) is 0 Å². The van der Waals surface area contributed by atoms with Gasteiger partial charge in [0.2, 0.25) is 0 Å². The summed E-state index contributed by atoms with van der Waals surface area (Å²) in [6.45, 7) is 13.0. The Hall–Kier alpha value is 0. The van der Waals surface area contributed by atoms with E-state index in [4.69, 9.17) is 0 Å². The first kappa shape index (κ1) is 16.4. The molecule has 0 aromatic rings. The van der Waals surface area contributed by atoms with Crippen LogP contribution in [0.1, 0.15) is 80.1 Å². The summed E-state index contributed by atoms with van der Waals surface area (Å²) in [5.41, 5.74) is 0. The summed E-state index contributed by atoms with van der Waals surface area (Å²) < 4.78 is 0. The Morgan fingerprint density at radius 2 is 1.43 bits per heavy atom. The van der Waals surface area contributed by atoms with Crippen molar-refractivity contribution in [3.05, 3.63) is 0 Å². The van der Waals surface area contributed by atoms with Crippen LogP contribution in [-0.4, -0.2) is 0 Å². The van der Waals surface area contributed by atoms with Gasteiger partial charge in [-0.25, -0.2) is 0 Å². The molecule has 0 unspecified atom stereocenters. The topological polar surface area (TPSA) is 0 Å². The smallest absolute Gasteiger partial charge is 0.0417 e. The second-order valence-corrected chi connectivity index (χ2v) is 4.13. The van der Waals surface area contributed by atoms with Crippen molar-refractivity contribution in [2.75, 3.05) is 0 Å². The second kappa shape index (κ2) is 13.0. The molecule has 88 valence electrons. The minimum absolute atomic E-state index is 0.935. The van der Waals surface area contributed by atoms with E-state index in [1.54, 1.807) is 0 Å². The fraction of sp³-hybridized carbons (Fsp3) is 1.00. The van der Waals surface area contributed by atoms with Crippen LogP contribution >= 0.6 is 0 Å². The predicted molar refractivity (Wildman–Crippen MR) is 68.7 cm³/mol. The van der Waals surface area contributed by atoms with Gasteiger partial charge in [-0.05, 0) is 11.8 Å². The van der Waals surface area contributed by atoms with E-state index in [0.29, 0.717) is 0 Å². The van der Waals surface area contributed by atoms with E-state index in [1.165, 1.54) is 38.5 Å². The SMILES string of the molecule is CC.CCC(C)CC.CCC1CCC1. The van der Waals surface area contributed by atoms with Crippen molar-refractivity contribution in [1.82, 2.24) is 0 Å². The summed E-state index contributed by atoms with van der Waals surface area (Å²) in [6, 6.07) is 0. The van der Waals surface area contributed by atoms with Crippen molar-refractivity contribution in [3.63, 3.8) is 0 Å². The molecule has 0 aromatic heterocycles. The van der Waals surface area contributed by atoms with Crippen LogP contribution in [0.5, 0.6) is 0 Å². The maximum Gasteiger partial charge on any atom is -0.0417 e. The zero-order chi connectivity index (χ0) is 11.4. The van der Waals surface area contributed by atoms with Crippen molar-refractivity contribution in [2.24, 2.45) is 11.8 Å².